The number of carbonyl (C=O) groups is 1. The van der Waals surface area contributed by atoms with E-state index in [2.05, 4.69) is 0 Å². The molecule has 0 saturated heterocycles. The lowest BCUT2D eigenvalue weighted by Crippen LogP contribution is -2.12. The number of rotatable bonds is 5. The summed E-state index contributed by atoms with van der Waals surface area (Å²) in [7, 11) is 0. The van der Waals surface area contributed by atoms with Gasteiger partial charge in [0.25, 0.3) is 0 Å². The molecule has 0 spiro atoms. The Hall–Kier alpha value is -0.710. The predicted octanol–water partition coefficient (Wildman–Crippen LogP) is 2.93. The molecule has 0 aliphatic rings. The highest BCUT2D eigenvalue weighted by Gasteiger charge is 2.12. The molecule has 0 aromatic heterocycles. The summed E-state index contributed by atoms with van der Waals surface area (Å²) in [6.45, 7) is 0. The number of carboxylic acids is 1. The maximum Gasteiger partial charge on any atom is 0.303 e. The summed E-state index contributed by atoms with van der Waals surface area (Å²) in [6, 6.07) is 5.30. The van der Waals surface area contributed by atoms with Crippen LogP contribution < -0.4 is 5.73 Å². The number of hydrogen-bond acceptors (Lipinski definition) is 3. The minimum Gasteiger partial charge on any atom is -0.481 e. The van der Waals surface area contributed by atoms with Gasteiger partial charge in [0, 0.05) is 22.4 Å². The molecular weight excluding hydrogens is 246 g/mol. The maximum absolute atomic E-state index is 10.5. The second kappa shape index (κ2) is 6.13. The molecule has 0 bridgehead atoms. The fraction of sp³-hybridized carbons (Fsp3) is 0.364. The van der Waals surface area contributed by atoms with E-state index in [0.717, 1.165) is 10.5 Å². The average molecular weight is 260 g/mol. The molecule has 3 N–H and O–H groups in total. The van der Waals surface area contributed by atoms with E-state index >= 15 is 0 Å². The van der Waals surface area contributed by atoms with Crippen molar-refractivity contribution in [2.75, 3.05) is 6.26 Å². The fourth-order valence-corrected chi connectivity index (χ4v) is 2.07. The molecule has 0 saturated carbocycles. The van der Waals surface area contributed by atoms with Crippen molar-refractivity contribution in [2.24, 2.45) is 5.73 Å². The third kappa shape index (κ3) is 3.70. The first-order valence-electron chi connectivity index (χ1n) is 4.85. The summed E-state index contributed by atoms with van der Waals surface area (Å²) < 4.78 is 0. The summed E-state index contributed by atoms with van der Waals surface area (Å²) >= 11 is 7.63. The molecule has 1 unspecified atom stereocenters. The molecule has 0 amide bonds. The van der Waals surface area contributed by atoms with Gasteiger partial charge in [-0.15, -0.1) is 11.8 Å². The number of thioether (sulfide) groups is 1. The van der Waals surface area contributed by atoms with Gasteiger partial charge in [-0.3, -0.25) is 4.79 Å². The van der Waals surface area contributed by atoms with E-state index in [9.17, 15) is 4.79 Å². The zero-order valence-electron chi connectivity index (χ0n) is 8.94. The van der Waals surface area contributed by atoms with Crippen LogP contribution >= 0.6 is 23.4 Å². The number of hydrogen-bond donors (Lipinski definition) is 2. The van der Waals surface area contributed by atoms with Gasteiger partial charge in [-0.1, -0.05) is 11.6 Å². The zero-order valence-corrected chi connectivity index (χ0v) is 10.5. The van der Waals surface area contributed by atoms with Gasteiger partial charge in [0.15, 0.2) is 0 Å². The Labute approximate surface area is 104 Å². The van der Waals surface area contributed by atoms with Crippen LogP contribution in [0.3, 0.4) is 0 Å². The van der Waals surface area contributed by atoms with Gasteiger partial charge in [-0.05, 0) is 36.4 Å². The lowest BCUT2D eigenvalue weighted by molar-refractivity contribution is -0.137. The minimum atomic E-state index is -0.840. The second-order valence-corrected chi connectivity index (χ2v) is 4.71. The molecule has 0 aliphatic carbocycles. The second-order valence-electron chi connectivity index (χ2n) is 3.43. The van der Waals surface area contributed by atoms with Crippen LogP contribution in [-0.2, 0) is 4.79 Å². The smallest absolute Gasteiger partial charge is 0.303 e. The van der Waals surface area contributed by atoms with Crippen LogP contribution in [0.25, 0.3) is 0 Å². The molecule has 88 valence electrons. The number of aliphatic carboxylic acids is 1. The molecule has 1 aromatic rings. The number of nitrogens with two attached hydrogens (primary N) is 1. The van der Waals surface area contributed by atoms with Crippen molar-refractivity contribution in [3.63, 3.8) is 0 Å². The van der Waals surface area contributed by atoms with Gasteiger partial charge in [-0.25, -0.2) is 0 Å². The largest absolute Gasteiger partial charge is 0.481 e. The van der Waals surface area contributed by atoms with E-state index < -0.39 is 5.97 Å². The van der Waals surface area contributed by atoms with Crippen molar-refractivity contribution in [2.45, 2.75) is 23.8 Å². The first-order valence-corrected chi connectivity index (χ1v) is 6.45. The molecule has 0 fully saturated rings. The Morgan fingerprint density at radius 2 is 2.31 bits per heavy atom. The van der Waals surface area contributed by atoms with Gasteiger partial charge in [-0.2, -0.15) is 0 Å². The van der Waals surface area contributed by atoms with Gasteiger partial charge in [0.2, 0.25) is 0 Å². The van der Waals surface area contributed by atoms with Crippen molar-refractivity contribution < 1.29 is 9.90 Å². The van der Waals surface area contributed by atoms with Crippen LogP contribution in [0, 0.1) is 0 Å². The summed E-state index contributed by atoms with van der Waals surface area (Å²) in [5.74, 6) is -0.840. The lowest BCUT2D eigenvalue weighted by atomic mass is 10.0. The van der Waals surface area contributed by atoms with Crippen molar-refractivity contribution in [1.82, 2.24) is 0 Å². The zero-order chi connectivity index (χ0) is 12.1. The molecular formula is C11H14ClNO2S. The molecule has 1 atom stereocenters. The van der Waals surface area contributed by atoms with E-state index in [1.807, 2.05) is 18.4 Å². The third-order valence-electron chi connectivity index (χ3n) is 2.27. The molecule has 16 heavy (non-hydrogen) atoms. The molecule has 3 nitrogen and oxygen atoms in total. The summed E-state index contributed by atoms with van der Waals surface area (Å²) in [4.78, 5) is 11.5. The van der Waals surface area contributed by atoms with Crippen LogP contribution in [0.15, 0.2) is 23.1 Å². The predicted molar refractivity (Wildman–Crippen MR) is 67.0 cm³/mol. The molecule has 5 heteroatoms. The Balaban J connectivity index is 2.80. The van der Waals surface area contributed by atoms with E-state index in [-0.39, 0.29) is 12.5 Å². The van der Waals surface area contributed by atoms with Crippen molar-refractivity contribution in [1.29, 1.82) is 0 Å². The molecule has 0 radical (unpaired) electrons. The average Bonchev–Trinajstić information content (AvgIpc) is 2.26. The summed E-state index contributed by atoms with van der Waals surface area (Å²) in [5, 5.41) is 9.18. The van der Waals surface area contributed by atoms with Crippen LogP contribution in [0.1, 0.15) is 24.4 Å². The first-order chi connectivity index (χ1) is 7.54. The van der Waals surface area contributed by atoms with Crippen LogP contribution in [-0.4, -0.2) is 17.3 Å². The van der Waals surface area contributed by atoms with Gasteiger partial charge < -0.3 is 10.8 Å². The summed E-state index contributed by atoms with van der Waals surface area (Å²) in [5.41, 5.74) is 6.73. The number of benzene rings is 1. The van der Waals surface area contributed by atoms with Crippen LogP contribution in [0.4, 0.5) is 0 Å². The molecule has 0 heterocycles. The van der Waals surface area contributed by atoms with E-state index in [4.69, 9.17) is 22.4 Å². The highest BCUT2D eigenvalue weighted by Crippen LogP contribution is 2.28. The first kappa shape index (κ1) is 13.4. The highest BCUT2D eigenvalue weighted by molar-refractivity contribution is 7.98. The molecule has 0 aliphatic heterocycles. The quantitative estimate of drug-likeness (QED) is 0.798. The minimum absolute atomic E-state index is 0.0565. The van der Waals surface area contributed by atoms with Gasteiger partial charge in [0.05, 0.1) is 0 Å². The van der Waals surface area contributed by atoms with Gasteiger partial charge in [0.1, 0.15) is 0 Å². The Morgan fingerprint density at radius 1 is 1.62 bits per heavy atom. The Kier molecular flexibility index (Phi) is 5.12. The Morgan fingerprint density at radius 3 is 2.88 bits per heavy atom. The van der Waals surface area contributed by atoms with Crippen LogP contribution in [0.5, 0.6) is 0 Å². The SMILES string of the molecule is CSc1ccc(Cl)c(C(N)CCC(=O)O)c1. The van der Waals surface area contributed by atoms with Gasteiger partial charge >= 0.3 is 5.97 Å². The van der Waals surface area contributed by atoms with E-state index in [0.29, 0.717) is 11.4 Å². The third-order valence-corrected chi connectivity index (χ3v) is 3.34. The van der Waals surface area contributed by atoms with E-state index in [1.54, 1.807) is 17.8 Å². The molecule has 1 rings (SSSR count). The van der Waals surface area contributed by atoms with Crippen molar-refractivity contribution >= 4 is 29.3 Å². The lowest BCUT2D eigenvalue weighted by Gasteiger charge is -2.13. The monoisotopic (exact) mass is 259 g/mol. The topological polar surface area (TPSA) is 63.3 Å². The fourth-order valence-electron chi connectivity index (χ4n) is 1.37. The maximum atomic E-state index is 10.5. The number of carboxylic acid groups (broad SMARTS) is 1. The summed E-state index contributed by atoms with van der Waals surface area (Å²) in [6.07, 6.45) is 2.42. The standard InChI is InChI=1S/C11H14ClNO2S/c1-16-7-2-3-9(12)8(6-7)10(13)4-5-11(14)15/h2-3,6,10H,4-5,13H2,1H3,(H,14,15). The molecule has 1 aromatic carbocycles. The highest BCUT2D eigenvalue weighted by atomic mass is 35.5. The van der Waals surface area contributed by atoms with Crippen LogP contribution in [0.2, 0.25) is 5.02 Å². The Bertz CT molecular complexity index is 384. The van der Waals surface area contributed by atoms with Crippen molar-refractivity contribution in [3.8, 4) is 0 Å². The number of halogens is 1. The van der Waals surface area contributed by atoms with Crippen molar-refractivity contribution in [3.05, 3.63) is 28.8 Å². The van der Waals surface area contributed by atoms with E-state index in [1.165, 1.54) is 0 Å². The normalized spacial score (nSPS) is 12.4.